The maximum absolute atomic E-state index is 2.55. The molecule has 0 heterocycles. The summed E-state index contributed by atoms with van der Waals surface area (Å²) in [5.74, 6) is 0. The molecule has 52 valence electrons. The van der Waals surface area contributed by atoms with E-state index >= 15 is 0 Å². The summed E-state index contributed by atoms with van der Waals surface area (Å²) < 4.78 is -1.09. The van der Waals surface area contributed by atoms with Gasteiger partial charge in [-0.2, -0.15) is 0 Å². The Morgan fingerprint density at radius 1 is 0.667 bits per heavy atom. The summed E-state index contributed by atoms with van der Waals surface area (Å²) in [5.41, 5.74) is 0. The van der Waals surface area contributed by atoms with Crippen LogP contribution in [0.5, 0.6) is 0 Å². The third kappa shape index (κ3) is 9.69. The van der Waals surface area contributed by atoms with Gasteiger partial charge >= 0.3 is 77.4 Å². The van der Waals surface area contributed by atoms with Crippen molar-refractivity contribution in [2.45, 2.75) is 39.3 Å². The molecule has 0 unspecified atom stereocenters. The molecule has 0 aliphatic carbocycles. The van der Waals surface area contributed by atoms with Crippen molar-refractivity contribution in [1.29, 1.82) is 0 Å². The van der Waals surface area contributed by atoms with Gasteiger partial charge in [0.15, 0.2) is 0 Å². The van der Waals surface area contributed by atoms with Gasteiger partial charge in [-0.25, -0.2) is 0 Å². The average molecular weight is 186 g/mol. The molecule has 0 fully saturated rings. The second-order valence-corrected chi connectivity index (χ2v) is 41.8. The van der Waals surface area contributed by atoms with Crippen molar-refractivity contribution in [3.05, 3.63) is 0 Å². The van der Waals surface area contributed by atoms with Crippen molar-refractivity contribution in [1.82, 2.24) is 0 Å². The third-order valence-corrected chi connectivity index (χ3v) is 39.4. The summed E-state index contributed by atoms with van der Waals surface area (Å²) in [6.07, 6.45) is 0. The Morgan fingerprint density at radius 3 is 0.889 bits per heavy atom. The number of rotatable bonds is 2. The van der Waals surface area contributed by atoms with Crippen LogP contribution in [0.25, 0.3) is 0 Å². The van der Waals surface area contributed by atoms with E-state index in [0.717, 1.165) is 0 Å². The molecule has 0 saturated carbocycles. The van der Waals surface area contributed by atoms with Crippen molar-refractivity contribution in [2.24, 2.45) is 0 Å². The molecule has 0 bridgehead atoms. The molecule has 0 aromatic rings. The molecule has 0 radical (unpaired) electrons. The minimum absolute atomic E-state index is 0.0556. The number of hydrogen-bond donors (Lipinski definition) is 0. The maximum atomic E-state index is 2.55. The van der Waals surface area contributed by atoms with Gasteiger partial charge in [0, 0.05) is 0 Å². The first-order chi connectivity index (χ1) is 3.71. The fraction of sp³-hybridized carbons (Fsp3) is 1.00. The standard InChI is InChI=1S/2C3H9Si.Ca/c2*1-4(2)3;/h2*1-3H3;. The molecule has 0 saturated heterocycles. The second kappa shape index (κ2) is 3.39. The molecule has 0 aromatic heterocycles. The summed E-state index contributed by atoms with van der Waals surface area (Å²) in [4.78, 5) is 0. The molecule has 0 aliphatic heterocycles. The third-order valence-electron chi connectivity index (χ3n) is 1.06. The monoisotopic (exact) mass is 186 g/mol. The van der Waals surface area contributed by atoms with Crippen molar-refractivity contribution in [3.63, 3.8) is 0 Å². The van der Waals surface area contributed by atoms with Gasteiger partial charge in [0.1, 0.15) is 0 Å². The summed E-state index contributed by atoms with van der Waals surface area (Å²) >= 11 is -0.0556. The molecular formula is C6H18CaSi2. The van der Waals surface area contributed by atoms with Gasteiger partial charge in [0.2, 0.25) is 0 Å². The molecule has 0 rings (SSSR count). The van der Waals surface area contributed by atoms with Crippen LogP contribution in [0, 0.1) is 0 Å². The van der Waals surface area contributed by atoms with Gasteiger partial charge in [-0.1, -0.05) is 0 Å². The molecule has 0 N–H and O–H groups in total. The Morgan fingerprint density at radius 2 is 0.889 bits per heavy atom. The first-order valence-electron chi connectivity index (χ1n) is 3.71. The fourth-order valence-corrected chi connectivity index (χ4v) is 59.0. The van der Waals surface area contributed by atoms with Crippen LogP contribution in [0.4, 0.5) is 0 Å². The molecule has 9 heavy (non-hydrogen) atoms. The Kier molecular flexibility index (Phi) is 4.03. The molecule has 0 amide bonds. The van der Waals surface area contributed by atoms with E-state index in [0.29, 0.717) is 0 Å². The number of hydrogen-bond acceptors (Lipinski definition) is 0. The van der Waals surface area contributed by atoms with Crippen LogP contribution in [-0.4, -0.2) is 38.2 Å². The summed E-state index contributed by atoms with van der Waals surface area (Å²) in [5, 5.41) is 0. The van der Waals surface area contributed by atoms with Crippen LogP contribution >= 0.6 is 0 Å². The van der Waals surface area contributed by atoms with Gasteiger partial charge in [0.05, 0.1) is 0 Å². The molecule has 0 aromatic carbocycles. The van der Waals surface area contributed by atoms with E-state index in [1.807, 2.05) is 0 Å². The summed E-state index contributed by atoms with van der Waals surface area (Å²) in [6.45, 7) is 15.3. The topological polar surface area (TPSA) is 0 Å². The zero-order valence-corrected chi connectivity index (χ0v) is 11.9. The summed E-state index contributed by atoms with van der Waals surface area (Å²) in [6, 6.07) is 0. The van der Waals surface area contributed by atoms with E-state index < -0.39 is 6.43 Å². The molecular weight excluding hydrogens is 168 g/mol. The van der Waals surface area contributed by atoms with Crippen molar-refractivity contribution in [3.8, 4) is 0 Å². The van der Waals surface area contributed by atoms with Crippen LogP contribution in [0.15, 0.2) is 0 Å². The predicted octanol–water partition coefficient (Wildman–Crippen LogP) is 2.36. The van der Waals surface area contributed by atoms with Gasteiger partial charge in [-0.05, 0) is 0 Å². The molecule has 0 spiro atoms. The van der Waals surface area contributed by atoms with Gasteiger partial charge in [-0.15, -0.1) is 0 Å². The van der Waals surface area contributed by atoms with Gasteiger partial charge in [-0.3, -0.25) is 0 Å². The normalized spacial score (nSPS) is 13.1. The SMILES string of the molecule is C[Si](C)(C)[Ca][Si](C)(C)C. The van der Waals surface area contributed by atoms with Crippen molar-refractivity contribution >= 4 is 38.2 Å². The fourth-order valence-electron chi connectivity index (χ4n) is 1.59. The van der Waals surface area contributed by atoms with Crippen LogP contribution in [0.3, 0.4) is 0 Å². The zero-order chi connectivity index (χ0) is 7.71. The van der Waals surface area contributed by atoms with E-state index in [9.17, 15) is 0 Å². The van der Waals surface area contributed by atoms with Crippen LogP contribution in [0.1, 0.15) is 0 Å². The Bertz CT molecular complexity index is 76.2. The van der Waals surface area contributed by atoms with E-state index in [2.05, 4.69) is 39.3 Å². The molecule has 3 heteroatoms. The van der Waals surface area contributed by atoms with E-state index in [1.165, 1.54) is 0 Å². The molecule has 0 aliphatic rings. The first kappa shape index (κ1) is 10.7. The Balaban J connectivity index is 3.75. The minimum atomic E-state index is -0.543. The first-order valence-corrected chi connectivity index (χ1v) is 17.7. The van der Waals surface area contributed by atoms with Crippen LogP contribution in [0.2, 0.25) is 39.3 Å². The van der Waals surface area contributed by atoms with Crippen LogP contribution in [-0.2, 0) is 0 Å². The van der Waals surface area contributed by atoms with Gasteiger partial charge in [0.25, 0.3) is 0 Å². The quantitative estimate of drug-likeness (QED) is 0.581. The Labute approximate surface area is 76.5 Å². The summed E-state index contributed by atoms with van der Waals surface area (Å²) in [7, 11) is 0. The average Bonchev–Trinajstić information content (AvgIpc) is 1.14. The predicted molar refractivity (Wildman–Crippen MR) is 52.4 cm³/mol. The van der Waals surface area contributed by atoms with E-state index in [4.69, 9.17) is 0 Å². The Hall–Kier alpha value is 1.69. The second-order valence-electron chi connectivity index (χ2n) is 5.30. The van der Waals surface area contributed by atoms with E-state index in [1.54, 1.807) is 0 Å². The van der Waals surface area contributed by atoms with Crippen molar-refractivity contribution < 1.29 is 0 Å². The van der Waals surface area contributed by atoms with Crippen molar-refractivity contribution in [2.75, 3.05) is 0 Å². The zero-order valence-electron chi connectivity index (χ0n) is 7.71. The van der Waals surface area contributed by atoms with E-state index in [-0.39, 0.29) is 31.7 Å². The van der Waals surface area contributed by atoms with Crippen LogP contribution < -0.4 is 0 Å². The van der Waals surface area contributed by atoms with Gasteiger partial charge < -0.3 is 0 Å². The molecule has 0 atom stereocenters. The molecule has 0 nitrogen and oxygen atoms in total.